The summed E-state index contributed by atoms with van der Waals surface area (Å²) in [7, 11) is 1.76. The molecule has 1 saturated carbocycles. The molecular weight excluding hydrogens is 236 g/mol. The van der Waals surface area contributed by atoms with Gasteiger partial charge < -0.3 is 4.74 Å². The fraction of sp³-hybridized carbons (Fsp3) is 0.938. The molecule has 0 aromatic heterocycles. The highest BCUT2D eigenvalue weighted by atomic mass is 16.5. The highest BCUT2D eigenvalue weighted by Crippen LogP contribution is 2.34. The van der Waals surface area contributed by atoms with Gasteiger partial charge in [-0.05, 0) is 31.1 Å². The lowest BCUT2D eigenvalue weighted by Crippen LogP contribution is -2.47. The molecule has 0 N–H and O–H groups in total. The molecule has 0 amide bonds. The Morgan fingerprint density at radius 1 is 1.37 bits per heavy atom. The Morgan fingerprint density at radius 3 is 2.63 bits per heavy atom. The van der Waals surface area contributed by atoms with Crippen molar-refractivity contribution in [1.82, 2.24) is 4.90 Å². The largest absolute Gasteiger partial charge is 0.383 e. The van der Waals surface area contributed by atoms with E-state index in [2.05, 4.69) is 31.7 Å². The molecule has 0 spiro atoms. The highest BCUT2D eigenvalue weighted by Gasteiger charge is 2.33. The molecule has 0 saturated heterocycles. The predicted octanol–water partition coefficient (Wildman–Crippen LogP) is 3.31. The quantitative estimate of drug-likeness (QED) is 0.709. The van der Waals surface area contributed by atoms with Gasteiger partial charge in [-0.1, -0.05) is 27.2 Å². The van der Waals surface area contributed by atoms with Crippen molar-refractivity contribution < 1.29 is 4.74 Å². The van der Waals surface area contributed by atoms with E-state index in [1.165, 1.54) is 19.3 Å². The Labute approximate surface area is 118 Å². The van der Waals surface area contributed by atoms with Crippen molar-refractivity contribution in [1.29, 1.82) is 5.26 Å². The fourth-order valence-electron chi connectivity index (χ4n) is 3.23. The molecular formula is C16H30N2O. The van der Waals surface area contributed by atoms with E-state index in [0.717, 1.165) is 32.0 Å². The second-order valence-electron chi connectivity index (χ2n) is 6.27. The minimum atomic E-state index is 0.207. The van der Waals surface area contributed by atoms with Crippen molar-refractivity contribution in [3.63, 3.8) is 0 Å². The Hall–Kier alpha value is -0.590. The molecule has 0 heterocycles. The first-order valence-corrected chi connectivity index (χ1v) is 7.74. The van der Waals surface area contributed by atoms with Crippen LogP contribution in [0.4, 0.5) is 0 Å². The van der Waals surface area contributed by atoms with Crippen molar-refractivity contribution in [2.75, 3.05) is 26.8 Å². The van der Waals surface area contributed by atoms with Crippen LogP contribution in [-0.4, -0.2) is 37.7 Å². The number of methoxy groups -OCH3 is 1. The zero-order chi connectivity index (χ0) is 14.3. The minimum Gasteiger partial charge on any atom is -0.383 e. The van der Waals surface area contributed by atoms with Crippen LogP contribution in [-0.2, 0) is 4.74 Å². The molecule has 1 rings (SSSR count). The summed E-state index contributed by atoms with van der Waals surface area (Å²) in [5.41, 5.74) is 0. The third kappa shape index (κ3) is 5.12. The van der Waals surface area contributed by atoms with Gasteiger partial charge in [-0.25, -0.2) is 0 Å². The van der Waals surface area contributed by atoms with E-state index in [4.69, 9.17) is 4.74 Å². The monoisotopic (exact) mass is 266 g/mol. The topological polar surface area (TPSA) is 36.3 Å². The molecule has 3 atom stereocenters. The van der Waals surface area contributed by atoms with Crippen LogP contribution in [0, 0.1) is 29.1 Å². The summed E-state index contributed by atoms with van der Waals surface area (Å²) in [4.78, 5) is 2.50. The summed E-state index contributed by atoms with van der Waals surface area (Å²) < 4.78 is 5.24. The van der Waals surface area contributed by atoms with Crippen LogP contribution < -0.4 is 0 Å². The fourth-order valence-corrected chi connectivity index (χ4v) is 3.23. The summed E-state index contributed by atoms with van der Waals surface area (Å²) in [5.74, 6) is 1.64. The predicted molar refractivity (Wildman–Crippen MR) is 78.8 cm³/mol. The molecule has 3 nitrogen and oxygen atoms in total. The molecule has 0 radical (unpaired) electrons. The summed E-state index contributed by atoms with van der Waals surface area (Å²) in [5, 5.41) is 9.42. The van der Waals surface area contributed by atoms with Crippen LogP contribution in [0.3, 0.4) is 0 Å². The third-order valence-corrected chi connectivity index (χ3v) is 4.32. The van der Waals surface area contributed by atoms with Gasteiger partial charge in [-0.2, -0.15) is 5.26 Å². The third-order valence-electron chi connectivity index (χ3n) is 4.32. The molecule has 1 fully saturated rings. The Balaban J connectivity index is 2.73. The van der Waals surface area contributed by atoms with Crippen molar-refractivity contribution in [2.45, 2.75) is 52.5 Å². The highest BCUT2D eigenvalue weighted by molar-refractivity contribution is 4.97. The van der Waals surface area contributed by atoms with E-state index in [1.54, 1.807) is 7.11 Å². The van der Waals surface area contributed by atoms with E-state index in [1.807, 2.05) is 0 Å². The Morgan fingerprint density at radius 2 is 2.11 bits per heavy atom. The average Bonchev–Trinajstić information content (AvgIpc) is 2.42. The van der Waals surface area contributed by atoms with E-state index in [-0.39, 0.29) is 5.92 Å². The summed E-state index contributed by atoms with van der Waals surface area (Å²) in [6.07, 6.45) is 4.73. The van der Waals surface area contributed by atoms with Gasteiger partial charge in [0.25, 0.3) is 0 Å². The van der Waals surface area contributed by atoms with Crippen molar-refractivity contribution in [2.24, 2.45) is 17.8 Å². The number of hydrogen-bond acceptors (Lipinski definition) is 3. The van der Waals surface area contributed by atoms with Crippen LogP contribution >= 0.6 is 0 Å². The van der Waals surface area contributed by atoms with Gasteiger partial charge in [0.1, 0.15) is 0 Å². The zero-order valence-electron chi connectivity index (χ0n) is 13.1. The maximum absolute atomic E-state index is 9.42. The Kier molecular flexibility index (Phi) is 7.41. The first kappa shape index (κ1) is 16.5. The number of ether oxygens (including phenoxy) is 1. The number of rotatable bonds is 7. The smallest absolute Gasteiger partial charge is 0.0672 e. The number of nitriles is 1. The molecule has 3 unspecified atom stereocenters. The van der Waals surface area contributed by atoms with E-state index < -0.39 is 0 Å². The lowest BCUT2D eigenvalue weighted by atomic mass is 9.77. The van der Waals surface area contributed by atoms with E-state index in [9.17, 15) is 5.26 Å². The van der Waals surface area contributed by atoms with Crippen molar-refractivity contribution in [3.05, 3.63) is 0 Å². The van der Waals surface area contributed by atoms with Crippen LogP contribution in [0.1, 0.15) is 46.5 Å². The van der Waals surface area contributed by atoms with E-state index in [0.29, 0.717) is 12.0 Å². The first-order valence-electron chi connectivity index (χ1n) is 7.74. The van der Waals surface area contributed by atoms with Gasteiger partial charge in [0.05, 0.1) is 18.6 Å². The molecule has 0 aliphatic heterocycles. The average molecular weight is 266 g/mol. The molecule has 1 aliphatic carbocycles. The van der Waals surface area contributed by atoms with Crippen molar-refractivity contribution in [3.8, 4) is 6.07 Å². The van der Waals surface area contributed by atoms with Gasteiger partial charge in [0.15, 0.2) is 0 Å². The molecule has 19 heavy (non-hydrogen) atoms. The molecule has 3 heteroatoms. The lowest BCUT2D eigenvalue weighted by Gasteiger charge is -2.41. The summed E-state index contributed by atoms with van der Waals surface area (Å²) >= 11 is 0. The maximum atomic E-state index is 9.42. The molecule has 0 bridgehead atoms. The van der Waals surface area contributed by atoms with Crippen LogP contribution in [0.15, 0.2) is 0 Å². The van der Waals surface area contributed by atoms with Gasteiger partial charge in [-0.15, -0.1) is 0 Å². The summed E-state index contributed by atoms with van der Waals surface area (Å²) in [6, 6.07) is 2.98. The van der Waals surface area contributed by atoms with Gasteiger partial charge in [0.2, 0.25) is 0 Å². The number of nitrogens with zero attached hydrogens (tertiary/aromatic N) is 2. The standard InChI is InChI=1S/C16H30N2O/c1-5-14-6-7-15(11-17)16(10-14)18(8-9-19-4)12-13(2)3/h13-16H,5-10,12H2,1-4H3. The van der Waals surface area contributed by atoms with Crippen LogP contribution in [0.25, 0.3) is 0 Å². The van der Waals surface area contributed by atoms with Crippen molar-refractivity contribution >= 4 is 0 Å². The molecule has 1 aliphatic rings. The SMILES string of the molecule is CCC1CCC(C#N)C(N(CCOC)CC(C)C)C1. The summed E-state index contributed by atoms with van der Waals surface area (Å²) in [6.45, 7) is 9.56. The molecule has 0 aromatic carbocycles. The molecule has 110 valence electrons. The second-order valence-corrected chi connectivity index (χ2v) is 6.27. The Bertz CT molecular complexity index is 285. The van der Waals surface area contributed by atoms with Crippen LogP contribution in [0.2, 0.25) is 0 Å². The number of hydrogen-bond donors (Lipinski definition) is 0. The minimum absolute atomic E-state index is 0.207. The van der Waals surface area contributed by atoms with Crippen LogP contribution in [0.5, 0.6) is 0 Å². The van der Waals surface area contributed by atoms with Gasteiger partial charge >= 0.3 is 0 Å². The zero-order valence-corrected chi connectivity index (χ0v) is 13.1. The lowest BCUT2D eigenvalue weighted by molar-refractivity contribution is 0.0609. The normalized spacial score (nSPS) is 27.7. The molecule has 0 aromatic rings. The van der Waals surface area contributed by atoms with Gasteiger partial charge in [-0.3, -0.25) is 4.90 Å². The van der Waals surface area contributed by atoms with Gasteiger partial charge in [0, 0.05) is 26.2 Å². The maximum Gasteiger partial charge on any atom is 0.0672 e. The van der Waals surface area contributed by atoms with E-state index >= 15 is 0 Å². The first-order chi connectivity index (χ1) is 9.12. The second kappa shape index (κ2) is 8.55.